The number of aromatic nitrogens is 3. The highest BCUT2D eigenvalue weighted by Crippen LogP contribution is 2.29. The number of carbonyl (C=O) groups excluding carboxylic acids is 2. The van der Waals surface area contributed by atoms with Crippen LogP contribution >= 0.6 is 0 Å². The summed E-state index contributed by atoms with van der Waals surface area (Å²) in [6.07, 6.45) is 0. The number of aryl methyl sites for hydroxylation is 1. The smallest absolute Gasteiger partial charge is 0.292 e. The van der Waals surface area contributed by atoms with E-state index in [1.54, 1.807) is 17.7 Å². The summed E-state index contributed by atoms with van der Waals surface area (Å²) in [6.45, 7) is 3.45. The van der Waals surface area contributed by atoms with Crippen LogP contribution in [0.2, 0.25) is 0 Å². The highest BCUT2D eigenvalue weighted by atomic mass is 16.5. The maximum Gasteiger partial charge on any atom is 0.292 e. The first-order valence-corrected chi connectivity index (χ1v) is 10.4. The van der Waals surface area contributed by atoms with E-state index in [-0.39, 0.29) is 12.3 Å². The lowest BCUT2D eigenvalue weighted by Crippen LogP contribution is -2.44. The number of rotatable bonds is 6. The minimum absolute atomic E-state index is 0.118. The van der Waals surface area contributed by atoms with Crippen molar-refractivity contribution in [1.29, 1.82) is 0 Å². The van der Waals surface area contributed by atoms with Crippen LogP contribution in [-0.4, -0.2) is 33.4 Å². The summed E-state index contributed by atoms with van der Waals surface area (Å²) in [4.78, 5) is 24.8. The Balaban J connectivity index is 1.35. The Morgan fingerprint density at radius 1 is 0.909 bits per heavy atom. The minimum atomic E-state index is -0.565. The summed E-state index contributed by atoms with van der Waals surface area (Å²) in [5.41, 5.74) is 9.11. The molecule has 0 saturated carbocycles. The third-order valence-electron chi connectivity index (χ3n) is 5.00. The van der Waals surface area contributed by atoms with Crippen molar-refractivity contribution in [1.82, 2.24) is 25.8 Å². The molecule has 4 aromatic rings. The largest absolute Gasteiger partial charge is 0.483 e. The van der Waals surface area contributed by atoms with Crippen LogP contribution in [0.5, 0.6) is 5.75 Å². The van der Waals surface area contributed by atoms with Gasteiger partial charge in [0.15, 0.2) is 12.3 Å². The van der Waals surface area contributed by atoms with Crippen molar-refractivity contribution < 1.29 is 14.3 Å². The zero-order chi connectivity index (χ0) is 23.2. The van der Waals surface area contributed by atoms with Crippen LogP contribution < -0.4 is 15.6 Å². The molecule has 0 aliphatic heterocycles. The van der Waals surface area contributed by atoms with Crippen LogP contribution in [0.1, 0.15) is 21.7 Å². The van der Waals surface area contributed by atoms with Crippen molar-refractivity contribution >= 4 is 11.8 Å². The molecule has 1 heterocycles. The average Bonchev–Trinajstić information content (AvgIpc) is 3.23. The zero-order valence-electron chi connectivity index (χ0n) is 18.3. The molecule has 0 aliphatic rings. The average molecular weight is 441 g/mol. The molecule has 0 aliphatic carbocycles. The Hall–Kier alpha value is -4.46. The monoisotopic (exact) mass is 441 g/mol. The zero-order valence-corrected chi connectivity index (χ0v) is 18.3. The van der Waals surface area contributed by atoms with Crippen molar-refractivity contribution in [3.63, 3.8) is 0 Å². The van der Waals surface area contributed by atoms with Gasteiger partial charge in [-0.15, -0.1) is 5.10 Å². The molecule has 4 rings (SSSR count). The fourth-order valence-electron chi connectivity index (χ4n) is 3.36. The van der Waals surface area contributed by atoms with Gasteiger partial charge in [-0.1, -0.05) is 65.9 Å². The molecule has 0 fully saturated rings. The Kier molecular flexibility index (Phi) is 6.45. The summed E-state index contributed by atoms with van der Waals surface area (Å²) in [5.74, 6) is -0.499. The molecular formula is C25H23N5O3. The third-order valence-corrected chi connectivity index (χ3v) is 5.00. The Labute approximate surface area is 191 Å². The van der Waals surface area contributed by atoms with E-state index in [9.17, 15) is 9.59 Å². The summed E-state index contributed by atoms with van der Waals surface area (Å²) in [5, 5.41) is 8.01. The Morgan fingerprint density at radius 2 is 1.67 bits per heavy atom. The topological polar surface area (TPSA) is 98.1 Å². The molecule has 8 heteroatoms. The van der Waals surface area contributed by atoms with Crippen LogP contribution in [0.15, 0.2) is 78.9 Å². The van der Waals surface area contributed by atoms with Gasteiger partial charge in [0.05, 0.1) is 11.4 Å². The summed E-state index contributed by atoms with van der Waals surface area (Å²) < 4.78 is 7.27. The van der Waals surface area contributed by atoms with Crippen LogP contribution in [-0.2, 0) is 4.79 Å². The van der Waals surface area contributed by atoms with Crippen molar-refractivity contribution in [3.8, 4) is 22.6 Å². The number of hydrogen-bond acceptors (Lipinski definition) is 5. The maximum absolute atomic E-state index is 12.5. The molecule has 1 aromatic heterocycles. The van der Waals surface area contributed by atoms with Gasteiger partial charge in [-0.3, -0.25) is 20.4 Å². The molecule has 2 amide bonds. The number of ether oxygens (including phenoxy) is 1. The highest BCUT2D eigenvalue weighted by molar-refractivity contribution is 5.94. The molecule has 3 aromatic carbocycles. The minimum Gasteiger partial charge on any atom is -0.483 e. The van der Waals surface area contributed by atoms with Crippen molar-refractivity contribution in [2.24, 2.45) is 0 Å². The van der Waals surface area contributed by atoms with Gasteiger partial charge in [0.2, 0.25) is 0 Å². The first-order valence-electron chi connectivity index (χ1n) is 10.4. The van der Waals surface area contributed by atoms with E-state index in [2.05, 4.69) is 21.2 Å². The fraction of sp³-hybridized carbons (Fsp3) is 0.120. The summed E-state index contributed by atoms with van der Waals surface area (Å²) in [7, 11) is 0. The van der Waals surface area contributed by atoms with Crippen molar-refractivity contribution in [2.75, 3.05) is 6.61 Å². The molecule has 0 radical (unpaired) electrons. The number of para-hydroxylation sites is 1. The highest BCUT2D eigenvalue weighted by Gasteiger charge is 2.18. The number of amides is 2. The van der Waals surface area contributed by atoms with Crippen molar-refractivity contribution in [3.05, 3.63) is 95.8 Å². The van der Waals surface area contributed by atoms with Crippen LogP contribution in [0.4, 0.5) is 0 Å². The molecule has 0 atom stereocenters. The van der Waals surface area contributed by atoms with E-state index in [0.29, 0.717) is 11.4 Å². The quantitative estimate of drug-likeness (QED) is 0.447. The van der Waals surface area contributed by atoms with Gasteiger partial charge in [-0.2, -0.15) is 0 Å². The van der Waals surface area contributed by atoms with Gasteiger partial charge < -0.3 is 4.74 Å². The molecule has 2 N–H and O–H groups in total. The summed E-state index contributed by atoms with van der Waals surface area (Å²) in [6, 6.07) is 24.9. The normalized spacial score (nSPS) is 10.5. The van der Waals surface area contributed by atoms with E-state index in [1.165, 1.54) is 0 Å². The van der Waals surface area contributed by atoms with Crippen LogP contribution in [0, 0.1) is 13.8 Å². The third kappa shape index (κ3) is 5.07. The lowest BCUT2D eigenvalue weighted by atomic mass is 10.1. The summed E-state index contributed by atoms with van der Waals surface area (Å²) >= 11 is 0. The Bertz CT molecular complexity index is 1280. The molecule has 0 saturated heterocycles. The van der Waals surface area contributed by atoms with Crippen LogP contribution in [0.3, 0.4) is 0 Å². The number of benzene rings is 3. The van der Waals surface area contributed by atoms with Gasteiger partial charge in [0.1, 0.15) is 5.75 Å². The SMILES string of the molecule is Cc1cccc(-n2nnc(C(=O)NNC(=O)COc3ccccc3-c3ccccc3)c2C)c1. The molecule has 33 heavy (non-hydrogen) atoms. The second kappa shape index (κ2) is 9.78. The van der Waals surface area contributed by atoms with Gasteiger partial charge in [0.25, 0.3) is 11.8 Å². The van der Waals surface area contributed by atoms with Gasteiger partial charge in [-0.25, -0.2) is 4.68 Å². The second-order valence-electron chi connectivity index (χ2n) is 7.43. The number of carbonyl (C=O) groups is 2. The molecule has 0 bridgehead atoms. The predicted octanol–water partition coefficient (Wildman–Crippen LogP) is 3.39. The lowest BCUT2D eigenvalue weighted by molar-refractivity contribution is -0.123. The second-order valence-corrected chi connectivity index (χ2v) is 7.43. The predicted molar refractivity (Wildman–Crippen MR) is 124 cm³/mol. The maximum atomic E-state index is 12.5. The van der Waals surface area contributed by atoms with Crippen LogP contribution in [0.25, 0.3) is 16.8 Å². The van der Waals surface area contributed by atoms with Crippen molar-refractivity contribution in [2.45, 2.75) is 13.8 Å². The molecule has 0 spiro atoms. The van der Waals surface area contributed by atoms with E-state index in [4.69, 9.17) is 4.74 Å². The van der Waals surface area contributed by atoms with E-state index >= 15 is 0 Å². The van der Waals surface area contributed by atoms with Gasteiger partial charge in [-0.05, 0) is 43.2 Å². The number of nitrogens with zero attached hydrogens (tertiary/aromatic N) is 3. The standard InChI is InChI=1S/C25H23N5O3/c1-17-9-8-12-20(15-17)30-18(2)24(27-29-30)25(32)28-26-23(31)16-33-22-14-7-6-13-21(22)19-10-4-3-5-11-19/h3-15H,16H2,1-2H3,(H,26,31)(H,28,32). The van der Waals surface area contributed by atoms with Gasteiger partial charge in [0, 0.05) is 5.56 Å². The number of hydrogen-bond donors (Lipinski definition) is 2. The van der Waals surface area contributed by atoms with E-state index in [0.717, 1.165) is 22.4 Å². The molecule has 0 unspecified atom stereocenters. The first kappa shape index (κ1) is 21.8. The lowest BCUT2D eigenvalue weighted by Gasteiger charge is -2.12. The van der Waals surface area contributed by atoms with E-state index < -0.39 is 11.8 Å². The van der Waals surface area contributed by atoms with Gasteiger partial charge >= 0.3 is 0 Å². The molecular weight excluding hydrogens is 418 g/mol. The number of nitrogens with one attached hydrogen (secondary N) is 2. The first-order chi connectivity index (χ1) is 16.0. The molecule has 166 valence electrons. The number of hydrazine groups is 1. The fourth-order valence-corrected chi connectivity index (χ4v) is 3.36. The Morgan fingerprint density at radius 3 is 2.45 bits per heavy atom. The van der Waals surface area contributed by atoms with E-state index in [1.807, 2.05) is 79.7 Å². The molecule has 8 nitrogen and oxygen atoms in total.